The molecule has 24 heavy (non-hydrogen) atoms. The van der Waals surface area contributed by atoms with Crippen LogP contribution in [0.1, 0.15) is 5.56 Å². The van der Waals surface area contributed by atoms with E-state index in [1.807, 2.05) is 0 Å². The van der Waals surface area contributed by atoms with Crippen LogP contribution in [0.2, 0.25) is 0 Å². The summed E-state index contributed by atoms with van der Waals surface area (Å²) in [7, 11) is -3.12. The molecule has 5 heteroatoms. The van der Waals surface area contributed by atoms with E-state index in [0.29, 0.717) is 10.6 Å². The Bertz CT molecular complexity index is 823. The molecule has 0 aliphatic heterocycles. The lowest BCUT2D eigenvalue weighted by atomic mass is 10.2. The van der Waals surface area contributed by atoms with Crippen LogP contribution in [0.3, 0.4) is 0 Å². The zero-order valence-corrected chi connectivity index (χ0v) is 13.6. The molecule has 3 aromatic rings. The van der Waals surface area contributed by atoms with E-state index >= 15 is 0 Å². The van der Waals surface area contributed by atoms with Gasteiger partial charge in [-0.2, -0.15) is 0 Å². The van der Waals surface area contributed by atoms with Crippen LogP contribution < -0.4 is 10.6 Å². The van der Waals surface area contributed by atoms with Gasteiger partial charge in [-0.3, -0.25) is 0 Å². The smallest absolute Gasteiger partial charge is 0.147 e. The molecule has 0 aliphatic rings. The van der Waals surface area contributed by atoms with Crippen molar-refractivity contribution in [3.05, 3.63) is 90.0 Å². The van der Waals surface area contributed by atoms with E-state index in [0.717, 1.165) is 5.56 Å². The molecule has 0 saturated carbocycles. The van der Waals surface area contributed by atoms with Gasteiger partial charge in [-0.25, -0.2) is 8.78 Å². The third kappa shape index (κ3) is 3.39. The van der Waals surface area contributed by atoms with Crippen LogP contribution in [0.5, 0.6) is 5.75 Å². The fourth-order valence-electron chi connectivity index (χ4n) is 2.55. The zero-order valence-electron chi connectivity index (χ0n) is 12.7. The predicted octanol–water partition coefficient (Wildman–Crippen LogP) is 4.18. The van der Waals surface area contributed by atoms with Gasteiger partial charge in [0.05, 0.1) is 0 Å². The van der Waals surface area contributed by atoms with Crippen LogP contribution in [-0.4, -0.2) is 5.11 Å². The van der Waals surface area contributed by atoms with E-state index < -0.39 is 18.8 Å². The molecule has 0 aromatic heterocycles. The molecule has 0 spiro atoms. The van der Waals surface area contributed by atoms with Gasteiger partial charge in [0.15, 0.2) is 0 Å². The monoisotopic (exact) mass is 344 g/mol. The molecule has 0 unspecified atom stereocenters. The number of benzene rings is 3. The summed E-state index contributed by atoms with van der Waals surface area (Å²) in [4.78, 5) is 0. The average Bonchev–Trinajstić information content (AvgIpc) is 2.58. The van der Waals surface area contributed by atoms with E-state index in [2.05, 4.69) is 0 Å². The van der Waals surface area contributed by atoms with Crippen molar-refractivity contribution in [3.63, 3.8) is 0 Å². The Morgan fingerprint density at radius 1 is 0.708 bits per heavy atom. The molecule has 0 atom stereocenters. The van der Waals surface area contributed by atoms with Gasteiger partial charge < -0.3 is 9.67 Å². The molecule has 0 bridgehead atoms. The lowest BCUT2D eigenvalue weighted by molar-refractivity contribution is 0.475. The minimum atomic E-state index is -3.12. The average molecular weight is 344 g/mol. The second-order valence-corrected chi connectivity index (χ2v) is 8.35. The SMILES string of the molecule is O=P(Cc1ccc(O)cc1)(c1ccc(F)cc1)c1ccc(F)cc1. The number of phenolic OH excluding ortho intramolecular Hbond substituents is 1. The van der Waals surface area contributed by atoms with Crippen molar-refractivity contribution in [2.75, 3.05) is 0 Å². The summed E-state index contributed by atoms with van der Waals surface area (Å²) in [6.07, 6.45) is 0.199. The molecular weight excluding hydrogens is 329 g/mol. The van der Waals surface area contributed by atoms with Crippen LogP contribution in [0.4, 0.5) is 8.78 Å². The number of phenols is 1. The normalized spacial score (nSPS) is 11.4. The fourth-order valence-corrected chi connectivity index (χ4v) is 5.20. The topological polar surface area (TPSA) is 37.3 Å². The van der Waals surface area contributed by atoms with E-state index in [-0.39, 0.29) is 11.9 Å². The Morgan fingerprint density at radius 2 is 1.12 bits per heavy atom. The van der Waals surface area contributed by atoms with Gasteiger partial charge in [0.1, 0.15) is 24.5 Å². The van der Waals surface area contributed by atoms with Crippen molar-refractivity contribution in [1.29, 1.82) is 0 Å². The van der Waals surface area contributed by atoms with Crippen molar-refractivity contribution in [2.24, 2.45) is 0 Å². The molecule has 0 radical (unpaired) electrons. The van der Waals surface area contributed by atoms with Gasteiger partial charge in [-0.05, 0) is 66.2 Å². The fraction of sp³-hybridized carbons (Fsp3) is 0.0526. The molecule has 0 aliphatic carbocycles. The molecule has 3 aromatic carbocycles. The lowest BCUT2D eigenvalue weighted by Crippen LogP contribution is -2.18. The highest BCUT2D eigenvalue weighted by Gasteiger charge is 2.28. The van der Waals surface area contributed by atoms with Crippen LogP contribution in [0.25, 0.3) is 0 Å². The first-order valence-corrected chi connectivity index (χ1v) is 9.26. The molecule has 3 rings (SSSR count). The van der Waals surface area contributed by atoms with Gasteiger partial charge in [0.25, 0.3) is 0 Å². The summed E-state index contributed by atoms with van der Waals surface area (Å²) >= 11 is 0. The quantitative estimate of drug-likeness (QED) is 0.721. The Kier molecular flexibility index (Phi) is 4.50. The first-order chi connectivity index (χ1) is 11.5. The molecule has 122 valence electrons. The van der Waals surface area contributed by atoms with Crippen molar-refractivity contribution in [3.8, 4) is 5.75 Å². The van der Waals surface area contributed by atoms with Crippen molar-refractivity contribution < 1.29 is 18.5 Å². The Hall–Kier alpha value is -2.45. The molecule has 0 amide bonds. The van der Waals surface area contributed by atoms with E-state index in [1.54, 1.807) is 12.1 Å². The molecule has 2 nitrogen and oxygen atoms in total. The third-order valence-electron chi connectivity index (χ3n) is 3.83. The van der Waals surface area contributed by atoms with Gasteiger partial charge in [0, 0.05) is 16.8 Å². The standard InChI is InChI=1S/C19H15F2O2P/c20-15-3-9-18(10-4-15)24(23,19-11-5-16(21)6-12-19)13-14-1-7-17(22)8-2-14/h1-12,22H,13H2. The third-order valence-corrected chi connectivity index (χ3v) is 6.90. The summed E-state index contributed by atoms with van der Waals surface area (Å²) in [5.74, 6) is -0.694. The summed E-state index contributed by atoms with van der Waals surface area (Å²) in [6.45, 7) is 0. The first kappa shape index (κ1) is 16.4. The Balaban J connectivity index is 2.09. The zero-order chi connectivity index (χ0) is 17.2. The molecule has 0 saturated heterocycles. The second-order valence-electron chi connectivity index (χ2n) is 5.52. The minimum Gasteiger partial charge on any atom is -0.508 e. The van der Waals surface area contributed by atoms with Crippen molar-refractivity contribution >= 4 is 17.8 Å². The summed E-state index contributed by atoms with van der Waals surface area (Å²) < 4.78 is 40.3. The van der Waals surface area contributed by atoms with Crippen LogP contribution in [-0.2, 0) is 10.7 Å². The van der Waals surface area contributed by atoms with E-state index in [9.17, 15) is 18.5 Å². The highest BCUT2D eigenvalue weighted by molar-refractivity contribution is 7.78. The van der Waals surface area contributed by atoms with E-state index in [4.69, 9.17) is 0 Å². The Labute approximate surface area is 138 Å². The molecule has 1 N–H and O–H groups in total. The van der Waals surface area contributed by atoms with Crippen LogP contribution in [0.15, 0.2) is 72.8 Å². The highest BCUT2D eigenvalue weighted by Crippen LogP contribution is 2.47. The first-order valence-electron chi connectivity index (χ1n) is 7.37. The van der Waals surface area contributed by atoms with Crippen molar-refractivity contribution in [1.82, 2.24) is 0 Å². The number of aromatic hydroxyl groups is 1. The van der Waals surface area contributed by atoms with E-state index in [1.165, 1.54) is 60.7 Å². The van der Waals surface area contributed by atoms with Gasteiger partial charge in [-0.1, -0.05) is 12.1 Å². The van der Waals surface area contributed by atoms with Crippen LogP contribution in [0, 0.1) is 11.6 Å². The minimum absolute atomic E-state index is 0.122. The summed E-state index contributed by atoms with van der Waals surface area (Å²) in [6, 6.07) is 17.5. The lowest BCUT2D eigenvalue weighted by Gasteiger charge is -2.19. The molecule has 0 fully saturated rings. The highest BCUT2D eigenvalue weighted by atomic mass is 31.2. The van der Waals surface area contributed by atoms with Gasteiger partial charge in [0.2, 0.25) is 0 Å². The second kappa shape index (κ2) is 6.58. The predicted molar refractivity (Wildman–Crippen MR) is 91.5 cm³/mol. The number of hydrogen-bond donors (Lipinski definition) is 1. The summed E-state index contributed by atoms with van der Waals surface area (Å²) in [5, 5.41) is 10.4. The van der Waals surface area contributed by atoms with Gasteiger partial charge >= 0.3 is 0 Å². The van der Waals surface area contributed by atoms with Crippen molar-refractivity contribution in [2.45, 2.75) is 6.16 Å². The molecule has 0 heterocycles. The number of halogens is 2. The largest absolute Gasteiger partial charge is 0.508 e. The Morgan fingerprint density at radius 3 is 1.54 bits per heavy atom. The molecular formula is C19H15F2O2P. The van der Waals surface area contributed by atoms with Gasteiger partial charge in [-0.15, -0.1) is 0 Å². The number of rotatable bonds is 4. The number of hydrogen-bond acceptors (Lipinski definition) is 2. The maximum absolute atomic E-state index is 13.8. The maximum Gasteiger partial charge on any atom is 0.147 e. The summed E-state index contributed by atoms with van der Waals surface area (Å²) in [5.41, 5.74) is 0.768. The maximum atomic E-state index is 13.8. The van der Waals surface area contributed by atoms with Crippen LogP contribution >= 0.6 is 7.14 Å².